The Labute approximate surface area is 234 Å². The maximum Gasteiger partial charge on any atom is 0.303 e. The molecular formula is C28H49N5O5S. The predicted octanol–water partition coefficient (Wildman–Crippen LogP) is 2.31. The van der Waals surface area contributed by atoms with Crippen LogP contribution in [0.3, 0.4) is 0 Å². The molecule has 5 unspecified atom stereocenters. The summed E-state index contributed by atoms with van der Waals surface area (Å²) in [7, 11) is -4.01. The Morgan fingerprint density at radius 2 is 1.77 bits per heavy atom. The molecule has 3 amide bonds. The van der Waals surface area contributed by atoms with Crippen LogP contribution in [0.1, 0.15) is 86.5 Å². The number of carbonyl (C=O) groups excluding carboxylic acids is 3. The molecule has 0 bridgehead atoms. The molecule has 0 aromatic heterocycles. The van der Waals surface area contributed by atoms with Crippen LogP contribution in [-0.2, 0) is 24.6 Å². The van der Waals surface area contributed by atoms with Crippen LogP contribution in [0.2, 0.25) is 0 Å². The number of carbonyl (C=O) groups is 3. The Kier molecular flexibility index (Phi) is 9.29. The zero-order valence-electron chi connectivity index (χ0n) is 24.6. The first-order chi connectivity index (χ1) is 18.0. The van der Waals surface area contributed by atoms with Gasteiger partial charge in [0, 0.05) is 25.6 Å². The Morgan fingerprint density at radius 3 is 2.28 bits per heavy atom. The van der Waals surface area contributed by atoms with Crippen molar-refractivity contribution in [3.05, 3.63) is 12.7 Å². The topological polar surface area (TPSA) is 142 Å². The van der Waals surface area contributed by atoms with Crippen LogP contribution in [0, 0.1) is 22.7 Å². The highest BCUT2D eigenvalue weighted by Crippen LogP contribution is 2.45. The van der Waals surface area contributed by atoms with Gasteiger partial charge in [-0.2, -0.15) is 12.7 Å². The third-order valence-corrected chi connectivity index (χ3v) is 10.6. The third kappa shape index (κ3) is 6.85. The van der Waals surface area contributed by atoms with Crippen LogP contribution < -0.4 is 15.8 Å². The lowest BCUT2D eigenvalue weighted by Crippen LogP contribution is -2.61. The molecule has 39 heavy (non-hydrogen) atoms. The summed E-state index contributed by atoms with van der Waals surface area (Å²) in [5.74, 6) is -1.82. The number of hydrogen-bond donors (Lipinski definition) is 3. The zero-order chi connectivity index (χ0) is 29.4. The molecule has 1 aliphatic heterocycles. The first-order valence-electron chi connectivity index (χ1n) is 14.3. The second-order valence-electron chi connectivity index (χ2n) is 13.5. The monoisotopic (exact) mass is 567 g/mol. The van der Waals surface area contributed by atoms with Crippen LogP contribution in [0.15, 0.2) is 12.7 Å². The molecule has 0 aromatic rings. The van der Waals surface area contributed by atoms with E-state index in [0.717, 1.165) is 38.5 Å². The summed E-state index contributed by atoms with van der Waals surface area (Å²) in [6.07, 6.45) is 7.46. The normalized spacial score (nSPS) is 28.7. The number of rotatable bonds is 10. The van der Waals surface area contributed by atoms with Gasteiger partial charge in [0.1, 0.15) is 11.6 Å². The molecule has 2 aliphatic carbocycles. The quantitative estimate of drug-likeness (QED) is 0.346. The van der Waals surface area contributed by atoms with Crippen LogP contribution in [0.4, 0.5) is 0 Å². The van der Waals surface area contributed by atoms with Gasteiger partial charge in [-0.3, -0.25) is 14.4 Å². The second kappa shape index (κ2) is 11.5. The molecule has 5 atom stereocenters. The first kappa shape index (κ1) is 31.5. The minimum Gasteiger partial charge on any atom is -0.339 e. The minimum absolute atomic E-state index is 0.00821. The summed E-state index contributed by atoms with van der Waals surface area (Å²) in [5, 5.41) is 2.81. The molecule has 3 aliphatic rings. The van der Waals surface area contributed by atoms with Crippen molar-refractivity contribution in [1.82, 2.24) is 19.2 Å². The molecule has 1 heterocycles. The Morgan fingerprint density at radius 1 is 1.15 bits per heavy atom. The molecule has 4 N–H and O–H groups in total. The fourth-order valence-electron chi connectivity index (χ4n) is 5.83. The minimum atomic E-state index is -4.01. The highest BCUT2D eigenvalue weighted by Gasteiger charge is 2.61. The maximum absolute atomic E-state index is 13.7. The van der Waals surface area contributed by atoms with Gasteiger partial charge in [-0.25, -0.2) is 4.72 Å². The molecule has 3 fully saturated rings. The molecule has 0 spiro atoms. The van der Waals surface area contributed by atoms with E-state index in [0.29, 0.717) is 19.6 Å². The van der Waals surface area contributed by atoms with Crippen LogP contribution >= 0.6 is 0 Å². The van der Waals surface area contributed by atoms with E-state index in [1.807, 2.05) is 20.8 Å². The van der Waals surface area contributed by atoms with E-state index in [2.05, 4.69) is 30.5 Å². The molecule has 0 radical (unpaired) electrons. The fraction of sp³-hybridized carbons (Fsp3) is 0.821. The van der Waals surface area contributed by atoms with Crippen molar-refractivity contribution in [2.24, 2.45) is 28.4 Å². The van der Waals surface area contributed by atoms with Crippen LogP contribution in [-0.4, -0.2) is 72.6 Å². The van der Waals surface area contributed by atoms with Gasteiger partial charge in [0.2, 0.25) is 11.8 Å². The van der Waals surface area contributed by atoms with E-state index in [-0.39, 0.29) is 23.7 Å². The van der Waals surface area contributed by atoms with E-state index in [9.17, 15) is 22.8 Å². The number of nitrogens with zero attached hydrogens (tertiary/aromatic N) is 2. The Hall–Kier alpha value is -1.98. The van der Waals surface area contributed by atoms with Crippen molar-refractivity contribution >= 4 is 27.9 Å². The van der Waals surface area contributed by atoms with Crippen molar-refractivity contribution in [3.8, 4) is 0 Å². The van der Waals surface area contributed by atoms with E-state index < -0.39 is 51.0 Å². The summed E-state index contributed by atoms with van der Waals surface area (Å²) in [5.41, 5.74) is 4.47. The standard InChI is InChI=1S/C28H49N5O5S/c1-8-20-17-28(20,25(36)31-39(37,38)32-15-11-12-16-32)30-23(34)19(2)33(24(35)22(29)26(3,4)5)18-21-13-9-10-14-27(21,6)7/h8,19-22H,1,9-18,29H2,2-7H3,(H,30,34)(H,31,36). The van der Waals surface area contributed by atoms with Gasteiger partial charge in [0.05, 0.1) is 6.04 Å². The van der Waals surface area contributed by atoms with E-state index >= 15 is 0 Å². The number of nitrogens with two attached hydrogens (primary N) is 1. The lowest BCUT2D eigenvalue weighted by molar-refractivity contribution is -0.145. The van der Waals surface area contributed by atoms with Gasteiger partial charge < -0.3 is 16.0 Å². The molecule has 222 valence electrons. The predicted molar refractivity (Wildman–Crippen MR) is 151 cm³/mol. The van der Waals surface area contributed by atoms with Crippen molar-refractivity contribution < 1.29 is 22.8 Å². The maximum atomic E-state index is 13.7. The molecule has 3 rings (SSSR count). The lowest BCUT2D eigenvalue weighted by atomic mass is 9.68. The van der Waals surface area contributed by atoms with E-state index in [4.69, 9.17) is 5.73 Å². The third-order valence-electron chi connectivity index (χ3n) is 9.15. The SMILES string of the molecule is C=CC1CC1(NC(=O)C(C)N(CC1CCCCC1(C)C)C(=O)C(N)C(C)(C)C)C(=O)NS(=O)(=O)N1CCCC1. The number of amides is 3. The van der Waals surface area contributed by atoms with Gasteiger partial charge in [0.15, 0.2) is 0 Å². The van der Waals surface area contributed by atoms with Crippen molar-refractivity contribution in [1.29, 1.82) is 0 Å². The van der Waals surface area contributed by atoms with E-state index in [1.165, 1.54) is 4.31 Å². The first-order valence-corrected chi connectivity index (χ1v) is 15.7. The van der Waals surface area contributed by atoms with Crippen molar-refractivity contribution in [2.75, 3.05) is 19.6 Å². The molecular weight excluding hydrogens is 518 g/mol. The summed E-state index contributed by atoms with van der Waals surface area (Å²) < 4.78 is 29.0. The fourth-order valence-corrected chi connectivity index (χ4v) is 7.12. The number of hydrogen-bond acceptors (Lipinski definition) is 6. The lowest BCUT2D eigenvalue weighted by Gasteiger charge is -2.44. The summed E-state index contributed by atoms with van der Waals surface area (Å²) in [6, 6.07) is -1.72. The molecule has 10 nitrogen and oxygen atoms in total. The highest BCUT2D eigenvalue weighted by molar-refractivity contribution is 7.87. The van der Waals surface area contributed by atoms with Gasteiger partial charge >= 0.3 is 10.2 Å². The highest BCUT2D eigenvalue weighted by atomic mass is 32.2. The largest absolute Gasteiger partial charge is 0.339 e. The Bertz CT molecular complexity index is 1060. The smallest absolute Gasteiger partial charge is 0.303 e. The van der Waals surface area contributed by atoms with Crippen LogP contribution in [0.5, 0.6) is 0 Å². The van der Waals surface area contributed by atoms with E-state index in [1.54, 1.807) is 17.9 Å². The molecule has 2 saturated carbocycles. The number of nitrogens with one attached hydrogen (secondary N) is 2. The van der Waals surface area contributed by atoms with Gasteiger partial charge in [0.25, 0.3) is 5.91 Å². The Balaban J connectivity index is 1.83. The second-order valence-corrected chi connectivity index (χ2v) is 15.2. The zero-order valence-corrected chi connectivity index (χ0v) is 25.4. The summed E-state index contributed by atoms with van der Waals surface area (Å²) in [4.78, 5) is 42.3. The van der Waals surface area contributed by atoms with Gasteiger partial charge in [-0.15, -0.1) is 6.58 Å². The summed E-state index contributed by atoms with van der Waals surface area (Å²) >= 11 is 0. The van der Waals surface area contributed by atoms with Crippen LogP contribution in [0.25, 0.3) is 0 Å². The average molecular weight is 568 g/mol. The van der Waals surface area contributed by atoms with Gasteiger partial charge in [-0.1, -0.05) is 53.5 Å². The average Bonchev–Trinajstić information content (AvgIpc) is 3.26. The van der Waals surface area contributed by atoms with Gasteiger partial charge in [-0.05, 0) is 55.8 Å². The molecule has 0 aromatic carbocycles. The van der Waals surface area contributed by atoms with Crippen molar-refractivity contribution in [2.45, 2.75) is 104 Å². The molecule has 11 heteroatoms. The molecule has 1 saturated heterocycles. The summed E-state index contributed by atoms with van der Waals surface area (Å²) in [6.45, 7) is 16.6. The van der Waals surface area contributed by atoms with Crippen molar-refractivity contribution in [3.63, 3.8) is 0 Å².